The molecule has 11 heteroatoms. The molecule has 7 nitrogen and oxygen atoms in total. The van der Waals surface area contributed by atoms with E-state index in [1.807, 2.05) is 0 Å². The zero-order valence-electron chi connectivity index (χ0n) is 19.8. The Balaban J connectivity index is 1.54. The Kier molecular flexibility index (Phi) is 5.84. The van der Waals surface area contributed by atoms with Gasteiger partial charge in [-0.25, -0.2) is 22.9 Å². The maximum Gasteiger partial charge on any atom is 0.332 e. The Labute approximate surface area is 214 Å². The topological polar surface area (TPSA) is 83.5 Å². The van der Waals surface area contributed by atoms with Gasteiger partial charge in [0.25, 0.3) is 5.92 Å². The lowest BCUT2D eigenvalue weighted by molar-refractivity contribution is -0.134. The van der Waals surface area contributed by atoms with E-state index in [0.717, 1.165) is 19.1 Å². The van der Waals surface area contributed by atoms with Crippen LogP contribution >= 0.6 is 11.6 Å². The van der Waals surface area contributed by atoms with Gasteiger partial charge in [0, 0.05) is 36.8 Å². The molecule has 1 saturated heterocycles. The first kappa shape index (κ1) is 24.9. The third-order valence-electron chi connectivity index (χ3n) is 6.60. The zero-order chi connectivity index (χ0) is 26.7. The number of imidazole rings is 1. The third-order valence-corrected chi connectivity index (χ3v) is 6.90. The molecule has 2 aromatic carbocycles. The highest BCUT2D eigenvalue weighted by Crippen LogP contribution is 2.42. The highest BCUT2D eigenvalue weighted by Gasteiger charge is 2.56. The number of aliphatic hydroxyl groups is 1. The fraction of sp³-hybridized carbons (Fsp3) is 0.231. The number of phenols is 1. The summed E-state index contributed by atoms with van der Waals surface area (Å²) in [6.45, 7) is -0.00945. The quantitative estimate of drug-likeness (QED) is 0.403. The van der Waals surface area contributed by atoms with Crippen molar-refractivity contribution in [3.05, 3.63) is 82.4 Å². The molecule has 0 amide bonds. The second kappa shape index (κ2) is 8.67. The van der Waals surface area contributed by atoms with Crippen molar-refractivity contribution in [2.75, 3.05) is 18.0 Å². The predicted molar refractivity (Wildman–Crippen MR) is 134 cm³/mol. The molecule has 37 heavy (non-hydrogen) atoms. The fourth-order valence-electron chi connectivity index (χ4n) is 4.43. The molecule has 0 aliphatic carbocycles. The minimum Gasteiger partial charge on any atom is -0.507 e. The number of hydrogen-bond donors (Lipinski definition) is 2. The van der Waals surface area contributed by atoms with Crippen LogP contribution in [0.2, 0.25) is 5.02 Å². The minimum absolute atomic E-state index is 0.121. The standard InChI is InChI=1S/C26H22ClF3N4O3/c1-25(37)13-33(14-26(25,29)30)22-10-16(5-6-31-22)19-12-17(28)11-18(23(19)35)15-3-4-21(20(27)9-15)34-8-7-32(2)24(34)36/h3-12,35,37H,13-14H2,1-2H3/t25-/m0/s1. The van der Waals surface area contributed by atoms with E-state index < -0.39 is 23.9 Å². The smallest absolute Gasteiger partial charge is 0.332 e. The first-order valence-electron chi connectivity index (χ1n) is 11.3. The molecule has 2 aromatic heterocycles. The van der Waals surface area contributed by atoms with Gasteiger partial charge >= 0.3 is 5.69 Å². The van der Waals surface area contributed by atoms with E-state index in [9.17, 15) is 28.2 Å². The lowest BCUT2D eigenvalue weighted by Gasteiger charge is -2.22. The van der Waals surface area contributed by atoms with E-state index in [1.165, 1.54) is 38.4 Å². The van der Waals surface area contributed by atoms with Gasteiger partial charge < -0.3 is 19.7 Å². The van der Waals surface area contributed by atoms with E-state index in [0.29, 0.717) is 16.8 Å². The molecule has 1 fully saturated rings. The third kappa shape index (κ3) is 4.25. The fourth-order valence-corrected chi connectivity index (χ4v) is 4.70. The highest BCUT2D eigenvalue weighted by atomic mass is 35.5. The Morgan fingerprint density at radius 3 is 2.27 bits per heavy atom. The average molecular weight is 531 g/mol. The van der Waals surface area contributed by atoms with Crippen molar-refractivity contribution < 1.29 is 23.4 Å². The summed E-state index contributed by atoms with van der Waals surface area (Å²) in [5.41, 5.74) is -1.08. The van der Waals surface area contributed by atoms with E-state index in [2.05, 4.69) is 4.98 Å². The van der Waals surface area contributed by atoms with Crippen molar-refractivity contribution >= 4 is 17.4 Å². The number of β-amino-alcohol motifs (C(OH)–C–C–N with tert-alkyl or cyclic N) is 1. The Morgan fingerprint density at radius 2 is 1.70 bits per heavy atom. The van der Waals surface area contributed by atoms with Crippen LogP contribution in [0.4, 0.5) is 19.0 Å². The molecule has 5 rings (SSSR count). The van der Waals surface area contributed by atoms with Crippen LogP contribution in [0, 0.1) is 5.82 Å². The molecule has 1 atom stereocenters. The van der Waals surface area contributed by atoms with Crippen LogP contribution in [0.25, 0.3) is 27.9 Å². The van der Waals surface area contributed by atoms with Crippen LogP contribution in [-0.4, -0.2) is 48.9 Å². The van der Waals surface area contributed by atoms with Gasteiger partial charge in [0.05, 0.1) is 23.8 Å². The lowest BCUT2D eigenvalue weighted by Crippen LogP contribution is -2.43. The molecule has 3 heterocycles. The number of anilines is 1. The number of hydrogen-bond acceptors (Lipinski definition) is 5. The number of aromatic hydroxyl groups is 1. The van der Waals surface area contributed by atoms with Gasteiger partial charge in [0.1, 0.15) is 23.0 Å². The van der Waals surface area contributed by atoms with Gasteiger partial charge in [0.15, 0.2) is 0 Å². The normalized spacial score (nSPS) is 18.9. The Bertz CT molecular complexity index is 1570. The molecule has 0 unspecified atom stereocenters. The van der Waals surface area contributed by atoms with Crippen LogP contribution in [0.3, 0.4) is 0 Å². The Morgan fingerprint density at radius 1 is 1.03 bits per heavy atom. The molecular weight excluding hydrogens is 509 g/mol. The highest BCUT2D eigenvalue weighted by molar-refractivity contribution is 6.32. The average Bonchev–Trinajstić information content (AvgIpc) is 3.28. The number of pyridine rings is 1. The van der Waals surface area contributed by atoms with E-state index >= 15 is 0 Å². The summed E-state index contributed by atoms with van der Waals surface area (Å²) in [5, 5.41) is 21.4. The van der Waals surface area contributed by atoms with Crippen LogP contribution in [0.5, 0.6) is 5.75 Å². The van der Waals surface area contributed by atoms with Crippen molar-refractivity contribution in [1.29, 1.82) is 0 Å². The van der Waals surface area contributed by atoms with Crippen molar-refractivity contribution in [1.82, 2.24) is 14.1 Å². The number of aromatic nitrogens is 3. The van der Waals surface area contributed by atoms with Gasteiger partial charge in [-0.2, -0.15) is 0 Å². The number of aryl methyl sites for hydroxylation is 1. The van der Waals surface area contributed by atoms with Gasteiger partial charge in [-0.15, -0.1) is 0 Å². The summed E-state index contributed by atoms with van der Waals surface area (Å²) >= 11 is 6.44. The van der Waals surface area contributed by atoms with Crippen molar-refractivity contribution in [3.8, 4) is 33.7 Å². The molecule has 1 aliphatic heterocycles. The largest absolute Gasteiger partial charge is 0.507 e. The van der Waals surface area contributed by atoms with Gasteiger partial charge in [-0.3, -0.25) is 4.57 Å². The number of halogens is 4. The molecule has 1 aliphatic rings. The summed E-state index contributed by atoms with van der Waals surface area (Å²) in [4.78, 5) is 17.7. The van der Waals surface area contributed by atoms with E-state index in [1.54, 1.807) is 31.6 Å². The zero-order valence-corrected chi connectivity index (χ0v) is 20.5. The van der Waals surface area contributed by atoms with Crippen molar-refractivity contribution in [2.45, 2.75) is 18.4 Å². The molecule has 0 bridgehead atoms. The summed E-state index contributed by atoms with van der Waals surface area (Å²) < 4.78 is 45.9. The number of alkyl halides is 2. The maximum atomic E-state index is 14.7. The van der Waals surface area contributed by atoms with Crippen molar-refractivity contribution in [3.63, 3.8) is 0 Å². The second-order valence-electron chi connectivity index (χ2n) is 9.31. The van der Waals surface area contributed by atoms with Gasteiger partial charge in [-0.1, -0.05) is 17.7 Å². The summed E-state index contributed by atoms with van der Waals surface area (Å²) in [6.07, 6.45) is 4.52. The monoisotopic (exact) mass is 530 g/mol. The number of phenolic OH excluding ortho intramolecular Hbond substituents is 1. The molecule has 0 radical (unpaired) electrons. The Hall–Kier alpha value is -3.76. The number of benzene rings is 2. The van der Waals surface area contributed by atoms with Crippen LogP contribution in [-0.2, 0) is 7.05 Å². The lowest BCUT2D eigenvalue weighted by atomic mass is 9.97. The van der Waals surface area contributed by atoms with Crippen molar-refractivity contribution in [2.24, 2.45) is 7.05 Å². The van der Waals surface area contributed by atoms with Crippen LogP contribution in [0.15, 0.2) is 65.8 Å². The van der Waals surface area contributed by atoms with Gasteiger partial charge in [0.2, 0.25) is 0 Å². The minimum atomic E-state index is -3.34. The summed E-state index contributed by atoms with van der Waals surface area (Å²) in [5.74, 6) is -4.08. The first-order valence-corrected chi connectivity index (χ1v) is 11.6. The predicted octanol–water partition coefficient (Wildman–Crippen LogP) is 4.61. The molecule has 192 valence electrons. The molecule has 4 aromatic rings. The van der Waals surface area contributed by atoms with E-state index in [-0.39, 0.29) is 40.0 Å². The molecule has 0 saturated carbocycles. The SMILES string of the molecule is Cn1ccn(-c2ccc(-c3cc(F)cc(-c4ccnc(N5CC(F)(F)[C@@](C)(O)C5)c4)c3O)cc2Cl)c1=O. The molecule has 0 spiro atoms. The molecule has 2 N–H and O–H groups in total. The van der Waals surface area contributed by atoms with Crippen LogP contribution in [0.1, 0.15) is 6.92 Å². The molecular formula is C26H22ClF3N4O3. The number of rotatable bonds is 4. The van der Waals surface area contributed by atoms with Crippen LogP contribution < -0.4 is 10.6 Å². The van der Waals surface area contributed by atoms with E-state index in [4.69, 9.17) is 11.6 Å². The first-order chi connectivity index (χ1) is 17.4. The summed E-state index contributed by atoms with van der Waals surface area (Å²) in [7, 11) is 1.61. The van der Waals surface area contributed by atoms with Gasteiger partial charge in [-0.05, 0) is 54.4 Å². The summed E-state index contributed by atoms with van der Waals surface area (Å²) in [6, 6.07) is 9.96. The number of nitrogens with zero attached hydrogens (tertiary/aromatic N) is 4. The maximum absolute atomic E-state index is 14.7. The second-order valence-corrected chi connectivity index (χ2v) is 9.72.